The van der Waals surface area contributed by atoms with Gasteiger partial charge in [-0.05, 0) is 5.92 Å². The SMILES string of the molecule is COc1nc(N[C@H](C(=O)O)C(C)C)nc(OC)n1. The summed E-state index contributed by atoms with van der Waals surface area (Å²) in [7, 11) is 2.80. The van der Waals surface area contributed by atoms with Crippen LogP contribution in [0.5, 0.6) is 12.0 Å². The first-order valence-corrected chi connectivity index (χ1v) is 5.31. The second kappa shape index (κ2) is 5.99. The summed E-state index contributed by atoms with van der Waals surface area (Å²) in [5, 5.41) is 11.8. The molecule has 2 N–H and O–H groups in total. The Morgan fingerprint density at radius 1 is 1.17 bits per heavy atom. The van der Waals surface area contributed by atoms with E-state index in [4.69, 9.17) is 14.6 Å². The van der Waals surface area contributed by atoms with Crippen molar-refractivity contribution in [3.8, 4) is 12.0 Å². The van der Waals surface area contributed by atoms with Gasteiger partial charge in [-0.1, -0.05) is 13.8 Å². The van der Waals surface area contributed by atoms with Crippen molar-refractivity contribution >= 4 is 11.9 Å². The molecule has 0 amide bonds. The van der Waals surface area contributed by atoms with Gasteiger partial charge in [0.25, 0.3) is 0 Å². The van der Waals surface area contributed by atoms with Gasteiger partial charge in [0.05, 0.1) is 14.2 Å². The van der Waals surface area contributed by atoms with E-state index in [0.717, 1.165) is 0 Å². The summed E-state index contributed by atoms with van der Waals surface area (Å²) < 4.78 is 9.74. The highest BCUT2D eigenvalue weighted by molar-refractivity contribution is 5.76. The summed E-state index contributed by atoms with van der Waals surface area (Å²) in [4.78, 5) is 22.7. The predicted molar refractivity (Wildman–Crippen MR) is 62.8 cm³/mol. The number of aliphatic carboxylic acids is 1. The van der Waals surface area contributed by atoms with Crippen molar-refractivity contribution in [3.05, 3.63) is 0 Å². The number of methoxy groups -OCH3 is 2. The van der Waals surface area contributed by atoms with E-state index in [9.17, 15) is 4.79 Å². The number of carboxylic acids is 1. The molecule has 1 atom stereocenters. The van der Waals surface area contributed by atoms with E-state index < -0.39 is 12.0 Å². The molecular weight excluding hydrogens is 240 g/mol. The number of nitrogens with one attached hydrogen (secondary N) is 1. The van der Waals surface area contributed by atoms with Crippen molar-refractivity contribution in [1.29, 1.82) is 0 Å². The first-order chi connectivity index (χ1) is 8.47. The van der Waals surface area contributed by atoms with Crippen molar-refractivity contribution in [2.45, 2.75) is 19.9 Å². The topological polar surface area (TPSA) is 106 Å². The standard InChI is InChI=1S/C10H16N4O4/c1-5(2)6(7(15)16)11-8-12-9(17-3)14-10(13-8)18-4/h5-6H,1-4H3,(H,15,16)(H,11,12,13,14)/t6-/m0/s1. The molecular formula is C10H16N4O4. The van der Waals surface area contributed by atoms with Crippen LogP contribution in [0.2, 0.25) is 0 Å². The van der Waals surface area contributed by atoms with Gasteiger partial charge in [-0.25, -0.2) is 4.79 Å². The van der Waals surface area contributed by atoms with E-state index >= 15 is 0 Å². The molecule has 1 aromatic rings. The van der Waals surface area contributed by atoms with Gasteiger partial charge in [-0.3, -0.25) is 0 Å². The number of aromatic nitrogens is 3. The zero-order chi connectivity index (χ0) is 13.7. The van der Waals surface area contributed by atoms with Crippen LogP contribution < -0.4 is 14.8 Å². The van der Waals surface area contributed by atoms with Crippen molar-refractivity contribution in [2.75, 3.05) is 19.5 Å². The first kappa shape index (κ1) is 13.9. The molecule has 18 heavy (non-hydrogen) atoms. The Hall–Kier alpha value is -2.12. The Bertz CT molecular complexity index is 402. The van der Waals surface area contributed by atoms with Gasteiger partial charge in [-0.15, -0.1) is 4.98 Å². The molecule has 1 heterocycles. The van der Waals surface area contributed by atoms with Gasteiger partial charge < -0.3 is 19.9 Å². The van der Waals surface area contributed by atoms with Gasteiger partial charge in [0, 0.05) is 0 Å². The second-order valence-electron chi connectivity index (χ2n) is 3.84. The van der Waals surface area contributed by atoms with E-state index in [1.807, 2.05) is 0 Å². The molecule has 0 spiro atoms. The van der Waals surface area contributed by atoms with Crippen LogP contribution in [0.3, 0.4) is 0 Å². The van der Waals surface area contributed by atoms with E-state index in [2.05, 4.69) is 20.3 Å². The summed E-state index contributed by atoms with van der Waals surface area (Å²) in [5.41, 5.74) is 0. The Kier molecular flexibility index (Phi) is 4.64. The van der Waals surface area contributed by atoms with Crippen LogP contribution in [0.15, 0.2) is 0 Å². The average Bonchev–Trinajstić information content (AvgIpc) is 2.34. The number of carboxylic acid groups (broad SMARTS) is 1. The largest absolute Gasteiger partial charge is 0.480 e. The molecule has 0 bridgehead atoms. The lowest BCUT2D eigenvalue weighted by Gasteiger charge is -2.17. The molecule has 8 heteroatoms. The highest BCUT2D eigenvalue weighted by Crippen LogP contribution is 2.15. The minimum Gasteiger partial charge on any atom is -0.480 e. The maximum absolute atomic E-state index is 11.1. The van der Waals surface area contributed by atoms with Gasteiger partial charge in [0.15, 0.2) is 0 Å². The second-order valence-corrected chi connectivity index (χ2v) is 3.84. The van der Waals surface area contributed by atoms with Gasteiger partial charge >= 0.3 is 18.0 Å². The lowest BCUT2D eigenvalue weighted by molar-refractivity contribution is -0.138. The molecule has 1 rings (SSSR count). The van der Waals surface area contributed by atoms with Crippen LogP contribution in [-0.2, 0) is 4.79 Å². The maximum atomic E-state index is 11.1. The van der Waals surface area contributed by atoms with Gasteiger partial charge in [-0.2, -0.15) is 9.97 Å². The van der Waals surface area contributed by atoms with Crippen molar-refractivity contribution < 1.29 is 19.4 Å². The molecule has 0 aliphatic heterocycles. The number of ether oxygens (including phenoxy) is 2. The average molecular weight is 256 g/mol. The highest BCUT2D eigenvalue weighted by Gasteiger charge is 2.23. The fourth-order valence-corrected chi connectivity index (χ4v) is 1.24. The quantitative estimate of drug-likeness (QED) is 0.753. The Morgan fingerprint density at radius 3 is 2.00 bits per heavy atom. The minimum atomic E-state index is -0.983. The third-order valence-corrected chi connectivity index (χ3v) is 2.18. The summed E-state index contributed by atoms with van der Waals surface area (Å²) >= 11 is 0. The Balaban J connectivity index is 2.98. The van der Waals surface area contributed by atoms with Crippen molar-refractivity contribution in [2.24, 2.45) is 5.92 Å². The van der Waals surface area contributed by atoms with Crippen molar-refractivity contribution in [1.82, 2.24) is 15.0 Å². The van der Waals surface area contributed by atoms with E-state index in [1.54, 1.807) is 13.8 Å². The van der Waals surface area contributed by atoms with Crippen LogP contribution in [0.25, 0.3) is 0 Å². The number of nitrogens with zero attached hydrogens (tertiary/aromatic N) is 3. The van der Waals surface area contributed by atoms with Crippen LogP contribution >= 0.6 is 0 Å². The highest BCUT2D eigenvalue weighted by atomic mass is 16.5. The molecule has 0 aromatic carbocycles. The third kappa shape index (κ3) is 3.44. The lowest BCUT2D eigenvalue weighted by atomic mass is 10.1. The number of rotatable bonds is 6. The molecule has 100 valence electrons. The van der Waals surface area contributed by atoms with E-state index in [0.29, 0.717) is 0 Å². The molecule has 0 saturated carbocycles. The maximum Gasteiger partial charge on any atom is 0.326 e. The summed E-state index contributed by atoms with van der Waals surface area (Å²) in [6.07, 6.45) is 0. The fraction of sp³-hybridized carbons (Fsp3) is 0.600. The van der Waals surface area contributed by atoms with Gasteiger partial charge in [0.1, 0.15) is 6.04 Å². The molecule has 8 nitrogen and oxygen atoms in total. The number of carbonyl (C=O) groups is 1. The van der Waals surface area contributed by atoms with Crippen LogP contribution in [0, 0.1) is 5.92 Å². The molecule has 0 aliphatic rings. The normalized spacial score (nSPS) is 12.1. The smallest absolute Gasteiger partial charge is 0.326 e. The molecule has 0 saturated heterocycles. The zero-order valence-electron chi connectivity index (χ0n) is 10.7. The number of hydrogen-bond acceptors (Lipinski definition) is 7. The number of anilines is 1. The zero-order valence-corrected chi connectivity index (χ0v) is 10.7. The summed E-state index contributed by atoms with van der Waals surface area (Å²) in [5.74, 6) is -1.01. The molecule has 0 aliphatic carbocycles. The predicted octanol–water partition coefficient (Wildman–Crippen LogP) is 0.410. The molecule has 1 aromatic heterocycles. The van der Waals surface area contributed by atoms with Crippen LogP contribution in [-0.4, -0.2) is 46.3 Å². The number of hydrogen-bond donors (Lipinski definition) is 2. The Morgan fingerprint density at radius 2 is 1.67 bits per heavy atom. The summed E-state index contributed by atoms with van der Waals surface area (Å²) in [6, 6.07) is -0.698. The Labute approximate surface area is 104 Å². The monoisotopic (exact) mass is 256 g/mol. The molecule has 0 radical (unpaired) electrons. The van der Waals surface area contributed by atoms with Gasteiger partial charge in [0.2, 0.25) is 5.95 Å². The summed E-state index contributed by atoms with van der Waals surface area (Å²) in [6.45, 7) is 3.56. The van der Waals surface area contributed by atoms with Crippen LogP contribution in [0.1, 0.15) is 13.8 Å². The minimum absolute atomic E-state index is 0.0530. The van der Waals surface area contributed by atoms with Crippen molar-refractivity contribution in [3.63, 3.8) is 0 Å². The lowest BCUT2D eigenvalue weighted by Crippen LogP contribution is -2.35. The third-order valence-electron chi connectivity index (χ3n) is 2.18. The van der Waals surface area contributed by atoms with Crippen LogP contribution in [0.4, 0.5) is 5.95 Å². The first-order valence-electron chi connectivity index (χ1n) is 5.31. The fourth-order valence-electron chi connectivity index (χ4n) is 1.24. The molecule has 0 fully saturated rings. The van der Waals surface area contributed by atoms with E-state index in [1.165, 1.54) is 14.2 Å². The van der Waals surface area contributed by atoms with E-state index in [-0.39, 0.29) is 23.9 Å². The molecule has 0 unspecified atom stereocenters.